The van der Waals surface area contributed by atoms with E-state index in [2.05, 4.69) is 0 Å². The van der Waals surface area contributed by atoms with Gasteiger partial charge < -0.3 is 5.11 Å². The number of aliphatic hydroxyl groups is 1. The molecule has 0 amide bonds. The Hall–Kier alpha value is -0.890. The van der Waals surface area contributed by atoms with Crippen LogP contribution < -0.4 is 0 Å². The van der Waals surface area contributed by atoms with Crippen molar-refractivity contribution >= 4 is 0 Å². The molecule has 0 saturated heterocycles. The second-order valence-electron chi connectivity index (χ2n) is 6.55. The average molecular weight is 246 g/mol. The summed E-state index contributed by atoms with van der Waals surface area (Å²) in [6, 6.07) is 7.13. The molecule has 1 aromatic carbocycles. The molecule has 4 bridgehead atoms. The van der Waals surface area contributed by atoms with E-state index in [0.29, 0.717) is 17.8 Å². The summed E-state index contributed by atoms with van der Waals surface area (Å²) in [5.74, 6) is 3.01. The van der Waals surface area contributed by atoms with Crippen molar-refractivity contribution < 1.29 is 9.50 Å². The minimum absolute atomic E-state index is 0.0355. The Bertz CT molecular complexity index is 423. The van der Waals surface area contributed by atoms with Crippen LogP contribution in [0.2, 0.25) is 0 Å². The lowest BCUT2D eigenvalue weighted by Crippen LogP contribution is -2.51. The molecule has 1 N–H and O–H groups in total. The van der Waals surface area contributed by atoms with Gasteiger partial charge >= 0.3 is 0 Å². The first kappa shape index (κ1) is 11.0. The molecule has 96 valence electrons. The zero-order chi connectivity index (χ0) is 12.3. The minimum Gasteiger partial charge on any atom is -0.393 e. The molecule has 0 aliphatic heterocycles. The zero-order valence-electron chi connectivity index (χ0n) is 10.4. The molecule has 0 heterocycles. The van der Waals surface area contributed by atoms with Crippen molar-refractivity contribution in [3.63, 3.8) is 0 Å². The summed E-state index contributed by atoms with van der Waals surface area (Å²) in [6.07, 6.45) is 4.67. The Morgan fingerprint density at radius 3 is 1.83 bits per heavy atom. The Morgan fingerprint density at radius 2 is 1.33 bits per heavy atom. The lowest BCUT2D eigenvalue weighted by molar-refractivity contribution is -0.103. The van der Waals surface area contributed by atoms with Crippen molar-refractivity contribution in [3.8, 4) is 0 Å². The minimum atomic E-state index is -0.141. The molecule has 1 nitrogen and oxygen atoms in total. The smallest absolute Gasteiger partial charge is 0.123 e. The summed E-state index contributed by atoms with van der Waals surface area (Å²) in [4.78, 5) is 0. The maximum atomic E-state index is 13.0. The van der Waals surface area contributed by atoms with Crippen molar-refractivity contribution in [3.05, 3.63) is 35.6 Å². The van der Waals surface area contributed by atoms with Crippen LogP contribution in [0.3, 0.4) is 0 Å². The number of rotatable bonds is 1. The van der Waals surface area contributed by atoms with E-state index in [4.69, 9.17) is 0 Å². The fourth-order valence-electron chi connectivity index (χ4n) is 5.08. The van der Waals surface area contributed by atoms with Crippen LogP contribution in [-0.4, -0.2) is 11.2 Å². The fraction of sp³-hybridized carbons (Fsp3) is 0.625. The van der Waals surface area contributed by atoms with E-state index in [1.54, 1.807) is 12.1 Å². The summed E-state index contributed by atoms with van der Waals surface area (Å²) >= 11 is 0. The summed E-state index contributed by atoms with van der Waals surface area (Å²) in [5, 5.41) is 10.2. The first-order valence-electron chi connectivity index (χ1n) is 7.16. The molecular formula is C16H19FO. The largest absolute Gasteiger partial charge is 0.393 e. The molecule has 5 rings (SSSR count). The van der Waals surface area contributed by atoms with Crippen LogP contribution in [0, 0.1) is 29.5 Å². The summed E-state index contributed by atoms with van der Waals surface area (Å²) in [6.45, 7) is 0. The van der Waals surface area contributed by atoms with Crippen LogP contribution in [-0.2, 0) is 0 Å². The molecule has 0 aromatic heterocycles. The molecule has 4 aliphatic rings. The highest BCUT2D eigenvalue weighted by molar-refractivity contribution is 5.25. The van der Waals surface area contributed by atoms with Gasteiger partial charge in [-0.15, -0.1) is 0 Å². The van der Waals surface area contributed by atoms with Crippen LogP contribution in [0.4, 0.5) is 4.39 Å². The van der Waals surface area contributed by atoms with E-state index in [1.165, 1.54) is 31.2 Å². The second-order valence-corrected chi connectivity index (χ2v) is 6.55. The summed E-state index contributed by atoms with van der Waals surface area (Å²) in [5.41, 5.74) is 1.32. The molecular weight excluding hydrogens is 227 g/mol. The molecule has 1 aromatic rings. The standard InChI is InChI=1S/C16H19FO/c17-14-3-1-9(2-4-14)15-10-5-12-7-11(15)8-13(6-10)16(12)18/h1-4,10-13,15-16,18H,5-8H2. The van der Waals surface area contributed by atoms with E-state index in [0.717, 1.165) is 11.8 Å². The highest BCUT2D eigenvalue weighted by Crippen LogP contribution is 2.59. The van der Waals surface area contributed by atoms with Gasteiger partial charge in [-0.25, -0.2) is 4.39 Å². The van der Waals surface area contributed by atoms with E-state index in [1.807, 2.05) is 12.1 Å². The van der Waals surface area contributed by atoms with Crippen LogP contribution in [0.1, 0.15) is 37.2 Å². The van der Waals surface area contributed by atoms with Crippen LogP contribution in [0.5, 0.6) is 0 Å². The Morgan fingerprint density at radius 1 is 0.833 bits per heavy atom. The van der Waals surface area contributed by atoms with Gasteiger partial charge in [0.15, 0.2) is 0 Å². The highest BCUT2D eigenvalue weighted by atomic mass is 19.1. The first-order chi connectivity index (χ1) is 8.72. The predicted molar refractivity (Wildman–Crippen MR) is 67.6 cm³/mol. The Balaban J connectivity index is 1.66. The van der Waals surface area contributed by atoms with Gasteiger partial charge in [-0.05, 0) is 73.0 Å². The number of hydrogen-bond acceptors (Lipinski definition) is 1. The molecule has 2 heteroatoms. The molecule has 0 spiro atoms. The van der Waals surface area contributed by atoms with Gasteiger partial charge in [-0.3, -0.25) is 0 Å². The lowest BCUT2D eigenvalue weighted by atomic mass is 9.50. The quantitative estimate of drug-likeness (QED) is 0.805. The zero-order valence-corrected chi connectivity index (χ0v) is 10.4. The van der Waals surface area contributed by atoms with Crippen LogP contribution in [0.15, 0.2) is 24.3 Å². The van der Waals surface area contributed by atoms with Gasteiger partial charge in [0.05, 0.1) is 6.10 Å². The molecule has 4 saturated carbocycles. The van der Waals surface area contributed by atoms with E-state index < -0.39 is 0 Å². The normalized spacial score (nSPS) is 45.4. The van der Waals surface area contributed by atoms with Gasteiger partial charge in [-0.1, -0.05) is 12.1 Å². The van der Waals surface area contributed by atoms with Crippen LogP contribution in [0.25, 0.3) is 0 Å². The highest BCUT2D eigenvalue weighted by Gasteiger charge is 2.52. The van der Waals surface area contributed by atoms with Gasteiger partial charge in [0, 0.05) is 0 Å². The summed E-state index contributed by atoms with van der Waals surface area (Å²) < 4.78 is 13.0. The van der Waals surface area contributed by atoms with Gasteiger partial charge in [0.1, 0.15) is 5.82 Å². The molecule has 0 unspecified atom stereocenters. The van der Waals surface area contributed by atoms with Crippen molar-refractivity contribution in [2.75, 3.05) is 0 Å². The molecule has 4 fully saturated rings. The Labute approximate surface area is 107 Å². The van der Waals surface area contributed by atoms with Gasteiger partial charge in [0.2, 0.25) is 0 Å². The molecule has 0 atom stereocenters. The van der Waals surface area contributed by atoms with Crippen molar-refractivity contribution in [1.82, 2.24) is 0 Å². The topological polar surface area (TPSA) is 20.2 Å². The van der Waals surface area contributed by atoms with Crippen molar-refractivity contribution in [2.24, 2.45) is 23.7 Å². The number of hydrogen-bond donors (Lipinski definition) is 1. The second kappa shape index (κ2) is 3.80. The number of benzene rings is 1. The maximum Gasteiger partial charge on any atom is 0.123 e. The first-order valence-corrected chi connectivity index (χ1v) is 7.16. The number of aliphatic hydroxyl groups excluding tert-OH is 1. The van der Waals surface area contributed by atoms with Gasteiger partial charge in [-0.2, -0.15) is 0 Å². The van der Waals surface area contributed by atoms with Crippen LogP contribution >= 0.6 is 0 Å². The summed E-state index contributed by atoms with van der Waals surface area (Å²) in [7, 11) is 0. The third-order valence-electron chi connectivity index (χ3n) is 5.66. The maximum absolute atomic E-state index is 13.0. The monoisotopic (exact) mass is 246 g/mol. The average Bonchev–Trinajstić information content (AvgIpc) is 2.35. The van der Waals surface area contributed by atoms with Crippen molar-refractivity contribution in [1.29, 1.82) is 0 Å². The van der Waals surface area contributed by atoms with E-state index >= 15 is 0 Å². The fourth-order valence-corrected chi connectivity index (χ4v) is 5.08. The Kier molecular flexibility index (Phi) is 2.32. The van der Waals surface area contributed by atoms with E-state index in [-0.39, 0.29) is 11.9 Å². The van der Waals surface area contributed by atoms with E-state index in [9.17, 15) is 9.50 Å². The predicted octanol–water partition coefficient (Wildman–Crippen LogP) is 3.34. The number of halogens is 1. The lowest BCUT2D eigenvalue weighted by Gasteiger charge is -2.56. The molecule has 18 heavy (non-hydrogen) atoms. The van der Waals surface area contributed by atoms with Gasteiger partial charge in [0.25, 0.3) is 0 Å². The SMILES string of the molecule is OC1C2CC3CC1CC(C2)C3c1ccc(F)cc1. The third kappa shape index (κ3) is 1.48. The third-order valence-corrected chi connectivity index (χ3v) is 5.66. The molecule has 4 aliphatic carbocycles. The molecule has 0 radical (unpaired) electrons. The van der Waals surface area contributed by atoms with Crippen molar-refractivity contribution in [2.45, 2.75) is 37.7 Å².